The molecule has 2 aliphatic rings. The highest BCUT2D eigenvalue weighted by molar-refractivity contribution is 5.94. The van der Waals surface area contributed by atoms with Crippen LogP contribution in [0.1, 0.15) is 37.8 Å². The fourth-order valence-corrected chi connectivity index (χ4v) is 4.06. The van der Waals surface area contributed by atoms with Gasteiger partial charge in [0.2, 0.25) is 17.7 Å². The number of amides is 3. The Bertz CT molecular complexity index is 920. The minimum Gasteiger partial charge on any atom is -0.343 e. The Hall–Kier alpha value is -3.19. The Balaban J connectivity index is 0.000000186. The summed E-state index contributed by atoms with van der Waals surface area (Å²) < 4.78 is 0. The summed E-state index contributed by atoms with van der Waals surface area (Å²) in [6.07, 6.45) is 1.50. The maximum atomic E-state index is 12.0. The molecule has 2 atom stereocenters. The van der Waals surface area contributed by atoms with Gasteiger partial charge in [-0.1, -0.05) is 74.5 Å². The van der Waals surface area contributed by atoms with Gasteiger partial charge in [0.05, 0.1) is 12.6 Å². The Kier molecular flexibility index (Phi) is 9.01. The van der Waals surface area contributed by atoms with Crippen molar-refractivity contribution >= 4 is 17.7 Å². The number of hydrogen-bond acceptors (Lipinski definition) is 4. The van der Waals surface area contributed by atoms with Crippen molar-refractivity contribution in [2.75, 3.05) is 19.6 Å². The number of carbonyl (C=O) groups excluding carboxylic acids is 3. The van der Waals surface area contributed by atoms with E-state index in [1.165, 1.54) is 5.56 Å². The highest BCUT2D eigenvalue weighted by atomic mass is 16.2. The zero-order chi connectivity index (χ0) is 23.6. The molecular weight excluding hydrogens is 416 g/mol. The normalized spacial score (nSPS) is 20.7. The van der Waals surface area contributed by atoms with Crippen LogP contribution in [0.5, 0.6) is 0 Å². The largest absolute Gasteiger partial charge is 0.343 e. The number of rotatable bonds is 6. The van der Waals surface area contributed by atoms with E-state index in [0.717, 1.165) is 31.6 Å². The third kappa shape index (κ3) is 6.89. The Morgan fingerprint density at radius 1 is 0.758 bits per heavy atom. The highest BCUT2D eigenvalue weighted by Gasteiger charge is 2.31. The molecule has 3 amide bonds. The van der Waals surface area contributed by atoms with E-state index in [4.69, 9.17) is 0 Å². The van der Waals surface area contributed by atoms with Crippen molar-refractivity contribution < 1.29 is 14.4 Å². The van der Waals surface area contributed by atoms with Gasteiger partial charge < -0.3 is 20.4 Å². The maximum absolute atomic E-state index is 12.0. The van der Waals surface area contributed by atoms with Crippen molar-refractivity contribution in [2.45, 2.75) is 51.9 Å². The second kappa shape index (κ2) is 12.2. The second-order valence-electron chi connectivity index (χ2n) is 8.37. The van der Waals surface area contributed by atoms with Crippen LogP contribution in [0.3, 0.4) is 0 Å². The van der Waals surface area contributed by atoms with Crippen molar-refractivity contribution in [3.05, 3.63) is 71.8 Å². The van der Waals surface area contributed by atoms with Crippen LogP contribution in [0.4, 0.5) is 0 Å². The van der Waals surface area contributed by atoms with Gasteiger partial charge in [0.15, 0.2) is 0 Å². The molecule has 0 aromatic heterocycles. The van der Waals surface area contributed by atoms with E-state index in [1.807, 2.05) is 67.3 Å². The lowest BCUT2D eigenvalue weighted by atomic mass is 10.1. The third-order valence-electron chi connectivity index (χ3n) is 5.91. The molecule has 0 radical (unpaired) electrons. The molecule has 0 spiro atoms. The zero-order valence-electron chi connectivity index (χ0n) is 19.5. The SMILES string of the molecule is CCC1NC(=O)CN(Cc2ccccc2)C1=O.CCC1NCCN(Cc2ccccc2)C1=O. The van der Waals surface area contributed by atoms with Gasteiger partial charge in [-0.05, 0) is 24.0 Å². The summed E-state index contributed by atoms with van der Waals surface area (Å²) in [5, 5.41) is 5.94. The fourth-order valence-electron chi connectivity index (χ4n) is 4.06. The van der Waals surface area contributed by atoms with Gasteiger partial charge in [0, 0.05) is 26.2 Å². The first kappa shape index (κ1) is 24.5. The highest BCUT2D eigenvalue weighted by Crippen LogP contribution is 2.11. The van der Waals surface area contributed by atoms with Crippen LogP contribution in [-0.2, 0) is 27.5 Å². The van der Waals surface area contributed by atoms with Crippen molar-refractivity contribution in [1.29, 1.82) is 0 Å². The molecule has 2 aliphatic heterocycles. The number of nitrogens with one attached hydrogen (secondary N) is 2. The Morgan fingerprint density at radius 2 is 1.27 bits per heavy atom. The molecule has 2 unspecified atom stereocenters. The third-order valence-corrected chi connectivity index (χ3v) is 5.91. The van der Waals surface area contributed by atoms with Crippen LogP contribution in [0, 0.1) is 0 Å². The molecule has 176 valence electrons. The molecule has 4 rings (SSSR count). The van der Waals surface area contributed by atoms with E-state index >= 15 is 0 Å². The molecule has 2 aromatic rings. The molecule has 0 aliphatic carbocycles. The first-order chi connectivity index (χ1) is 16.0. The molecule has 2 aromatic carbocycles. The number of piperazine rings is 2. The smallest absolute Gasteiger partial charge is 0.245 e. The zero-order valence-corrected chi connectivity index (χ0v) is 19.5. The van der Waals surface area contributed by atoms with Crippen LogP contribution < -0.4 is 10.6 Å². The first-order valence-corrected chi connectivity index (χ1v) is 11.7. The summed E-state index contributed by atoms with van der Waals surface area (Å²) in [6.45, 7) is 7.05. The van der Waals surface area contributed by atoms with Crippen LogP contribution in [0.2, 0.25) is 0 Å². The molecule has 7 heteroatoms. The molecule has 2 saturated heterocycles. The summed E-state index contributed by atoms with van der Waals surface area (Å²) in [5.74, 6) is 0.168. The fraction of sp³-hybridized carbons (Fsp3) is 0.423. The quantitative estimate of drug-likeness (QED) is 0.708. The van der Waals surface area contributed by atoms with Crippen LogP contribution in [0.25, 0.3) is 0 Å². The monoisotopic (exact) mass is 450 g/mol. The van der Waals surface area contributed by atoms with E-state index in [1.54, 1.807) is 4.90 Å². The lowest BCUT2D eigenvalue weighted by molar-refractivity contribution is -0.144. The van der Waals surface area contributed by atoms with Gasteiger partial charge in [-0.25, -0.2) is 0 Å². The van der Waals surface area contributed by atoms with E-state index in [9.17, 15) is 14.4 Å². The minimum atomic E-state index is -0.361. The molecule has 7 nitrogen and oxygen atoms in total. The van der Waals surface area contributed by atoms with Gasteiger partial charge in [-0.2, -0.15) is 0 Å². The van der Waals surface area contributed by atoms with Crippen LogP contribution in [-0.4, -0.2) is 59.2 Å². The number of nitrogens with zero attached hydrogens (tertiary/aromatic N) is 2. The molecule has 33 heavy (non-hydrogen) atoms. The predicted molar refractivity (Wildman–Crippen MR) is 128 cm³/mol. The second-order valence-corrected chi connectivity index (χ2v) is 8.37. The summed E-state index contributed by atoms with van der Waals surface area (Å²) in [7, 11) is 0. The topological polar surface area (TPSA) is 81.8 Å². The average Bonchev–Trinajstić information content (AvgIpc) is 2.84. The molecule has 0 bridgehead atoms. The van der Waals surface area contributed by atoms with Crippen molar-refractivity contribution in [3.63, 3.8) is 0 Å². The van der Waals surface area contributed by atoms with E-state index in [0.29, 0.717) is 13.0 Å². The van der Waals surface area contributed by atoms with Crippen LogP contribution >= 0.6 is 0 Å². The Labute approximate surface area is 196 Å². The first-order valence-electron chi connectivity index (χ1n) is 11.7. The molecule has 2 heterocycles. The predicted octanol–water partition coefficient (Wildman–Crippen LogP) is 2.32. The molecule has 2 fully saturated rings. The van der Waals surface area contributed by atoms with Gasteiger partial charge in [-0.15, -0.1) is 0 Å². The molecular formula is C26H34N4O3. The Morgan fingerprint density at radius 3 is 1.82 bits per heavy atom. The molecule has 2 N–H and O–H groups in total. The minimum absolute atomic E-state index is 0.0101. The van der Waals surface area contributed by atoms with Gasteiger partial charge in [0.25, 0.3) is 0 Å². The standard InChI is InChI=1S/C13H16N2O2.C13H18N2O/c1-2-11-13(17)15(9-12(16)14-11)8-10-6-4-3-5-7-10;1-2-12-13(16)15(9-8-14-12)10-11-6-4-3-5-7-11/h3-7,11H,2,8-9H2,1H3,(H,14,16);3-7,12,14H,2,8-10H2,1H3. The van der Waals surface area contributed by atoms with Crippen molar-refractivity contribution in [3.8, 4) is 0 Å². The van der Waals surface area contributed by atoms with Gasteiger partial charge in [-0.3, -0.25) is 14.4 Å². The summed E-state index contributed by atoms with van der Waals surface area (Å²) in [5.41, 5.74) is 2.25. The lowest BCUT2D eigenvalue weighted by Gasteiger charge is -2.32. The number of benzene rings is 2. The van der Waals surface area contributed by atoms with Crippen molar-refractivity contribution in [1.82, 2.24) is 20.4 Å². The van der Waals surface area contributed by atoms with Crippen molar-refractivity contribution in [2.24, 2.45) is 0 Å². The van der Waals surface area contributed by atoms with E-state index < -0.39 is 0 Å². The maximum Gasteiger partial charge on any atom is 0.245 e. The summed E-state index contributed by atoms with van der Waals surface area (Å²) in [4.78, 5) is 39.1. The summed E-state index contributed by atoms with van der Waals surface area (Å²) in [6, 6.07) is 19.5. The van der Waals surface area contributed by atoms with Gasteiger partial charge in [0.1, 0.15) is 6.04 Å². The number of carbonyl (C=O) groups is 3. The van der Waals surface area contributed by atoms with E-state index in [2.05, 4.69) is 22.8 Å². The lowest BCUT2D eigenvalue weighted by Crippen LogP contribution is -2.57. The molecule has 0 saturated carbocycles. The van der Waals surface area contributed by atoms with Crippen LogP contribution in [0.15, 0.2) is 60.7 Å². The van der Waals surface area contributed by atoms with E-state index in [-0.39, 0.29) is 36.3 Å². The average molecular weight is 451 g/mol. The number of hydrogen-bond donors (Lipinski definition) is 2. The van der Waals surface area contributed by atoms with Gasteiger partial charge >= 0.3 is 0 Å². The summed E-state index contributed by atoms with van der Waals surface area (Å²) >= 11 is 0.